The van der Waals surface area contributed by atoms with Crippen LogP contribution in [0, 0.1) is 5.82 Å². The van der Waals surface area contributed by atoms with E-state index in [-0.39, 0.29) is 22.6 Å². The van der Waals surface area contributed by atoms with E-state index in [1.165, 1.54) is 23.7 Å². The zero-order valence-electron chi connectivity index (χ0n) is 18.3. The number of anilines is 1. The number of rotatable bonds is 6. The normalized spacial score (nSPS) is 20.4. The van der Waals surface area contributed by atoms with Crippen LogP contribution in [0.3, 0.4) is 0 Å². The SMILES string of the molecule is CC(C)c1nsc(N2CCC(N3CCC(Oc4ccc(S(C)(=O)=O)cc4F)C3=O)CC2)n1. The van der Waals surface area contributed by atoms with Crippen LogP contribution in [0.25, 0.3) is 0 Å². The molecule has 8 nitrogen and oxygen atoms in total. The Morgan fingerprint density at radius 2 is 1.91 bits per heavy atom. The third kappa shape index (κ3) is 4.73. The monoisotopic (exact) mass is 482 g/mol. The van der Waals surface area contributed by atoms with E-state index in [1.807, 2.05) is 4.90 Å². The molecule has 1 amide bonds. The number of carbonyl (C=O) groups excluding carboxylic acids is 1. The van der Waals surface area contributed by atoms with Crippen LogP contribution in [0.4, 0.5) is 9.52 Å². The van der Waals surface area contributed by atoms with E-state index in [0.29, 0.717) is 18.9 Å². The molecule has 1 atom stereocenters. The second-order valence-electron chi connectivity index (χ2n) is 8.60. The lowest BCUT2D eigenvalue weighted by molar-refractivity contribution is -0.135. The summed E-state index contributed by atoms with van der Waals surface area (Å²) in [7, 11) is -3.51. The van der Waals surface area contributed by atoms with Crippen molar-refractivity contribution in [1.82, 2.24) is 14.3 Å². The summed E-state index contributed by atoms with van der Waals surface area (Å²) in [5.41, 5.74) is 0. The van der Waals surface area contributed by atoms with E-state index in [1.54, 1.807) is 0 Å². The van der Waals surface area contributed by atoms with Crippen molar-refractivity contribution < 1.29 is 22.3 Å². The van der Waals surface area contributed by atoms with Crippen LogP contribution in [0.15, 0.2) is 23.1 Å². The van der Waals surface area contributed by atoms with Crippen LogP contribution in [-0.2, 0) is 14.6 Å². The van der Waals surface area contributed by atoms with Crippen LogP contribution in [0.5, 0.6) is 5.75 Å². The molecule has 2 fully saturated rings. The second kappa shape index (κ2) is 8.93. The minimum Gasteiger partial charge on any atom is -0.477 e. The van der Waals surface area contributed by atoms with Crippen LogP contribution in [0.1, 0.15) is 44.9 Å². The van der Waals surface area contributed by atoms with Gasteiger partial charge in [0.1, 0.15) is 5.82 Å². The molecule has 1 aromatic heterocycles. The lowest BCUT2D eigenvalue weighted by Crippen LogP contribution is -2.47. The standard InChI is InChI=1S/C21H27FN4O4S2/c1-13(2)19-23-21(31-24-19)25-9-6-14(7-10-25)26-11-8-18(20(26)27)30-17-5-4-15(12-16(17)22)32(3,28)29/h4-5,12-14,18H,6-11H2,1-3H3. The second-order valence-corrected chi connectivity index (χ2v) is 11.3. The molecule has 2 saturated heterocycles. The zero-order chi connectivity index (χ0) is 23.0. The Morgan fingerprint density at radius 3 is 2.50 bits per heavy atom. The van der Waals surface area contributed by atoms with Crippen LogP contribution in [0.2, 0.25) is 0 Å². The molecular formula is C21H27FN4O4S2. The molecule has 1 unspecified atom stereocenters. The van der Waals surface area contributed by atoms with Crippen LogP contribution < -0.4 is 9.64 Å². The molecule has 4 rings (SSSR count). The number of nitrogens with zero attached hydrogens (tertiary/aromatic N) is 4. The fourth-order valence-electron chi connectivity index (χ4n) is 4.07. The number of ether oxygens (including phenoxy) is 1. The highest BCUT2D eigenvalue weighted by Crippen LogP contribution is 2.30. The van der Waals surface area contributed by atoms with Crippen molar-refractivity contribution in [3.05, 3.63) is 29.8 Å². The van der Waals surface area contributed by atoms with E-state index in [0.717, 1.165) is 49.2 Å². The van der Waals surface area contributed by atoms with Crippen molar-refractivity contribution in [1.29, 1.82) is 0 Å². The summed E-state index contributed by atoms with van der Waals surface area (Å²) >= 11 is 1.41. The highest BCUT2D eigenvalue weighted by Gasteiger charge is 2.39. The van der Waals surface area contributed by atoms with Crippen molar-refractivity contribution >= 4 is 32.4 Å². The van der Waals surface area contributed by atoms with E-state index >= 15 is 0 Å². The molecule has 32 heavy (non-hydrogen) atoms. The van der Waals surface area contributed by atoms with Gasteiger partial charge >= 0.3 is 0 Å². The molecule has 3 heterocycles. The molecule has 0 saturated carbocycles. The largest absolute Gasteiger partial charge is 0.477 e. The Morgan fingerprint density at radius 1 is 1.19 bits per heavy atom. The summed E-state index contributed by atoms with van der Waals surface area (Å²) < 4.78 is 47.5. The first kappa shape index (κ1) is 22.9. The maximum Gasteiger partial charge on any atom is 0.263 e. The van der Waals surface area contributed by atoms with Gasteiger partial charge in [-0.15, -0.1) is 0 Å². The van der Waals surface area contributed by atoms with E-state index in [9.17, 15) is 17.6 Å². The van der Waals surface area contributed by atoms with Gasteiger partial charge in [0.15, 0.2) is 27.5 Å². The molecule has 1 aromatic carbocycles. The molecule has 0 radical (unpaired) electrons. The number of aromatic nitrogens is 2. The minimum absolute atomic E-state index is 0.107. The van der Waals surface area contributed by atoms with Gasteiger partial charge < -0.3 is 14.5 Å². The van der Waals surface area contributed by atoms with Gasteiger partial charge in [-0.2, -0.15) is 4.37 Å². The van der Waals surface area contributed by atoms with Gasteiger partial charge in [0, 0.05) is 55.8 Å². The molecule has 174 valence electrons. The van der Waals surface area contributed by atoms with Crippen molar-refractivity contribution in [2.75, 3.05) is 30.8 Å². The zero-order valence-corrected chi connectivity index (χ0v) is 20.0. The number of benzene rings is 1. The first-order valence-corrected chi connectivity index (χ1v) is 13.3. The quantitative estimate of drug-likeness (QED) is 0.625. The van der Waals surface area contributed by atoms with Crippen LogP contribution >= 0.6 is 11.5 Å². The molecule has 0 spiro atoms. The number of hydrogen-bond acceptors (Lipinski definition) is 8. The summed E-state index contributed by atoms with van der Waals surface area (Å²) in [6.07, 6.45) is 2.38. The van der Waals surface area contributed by atoms with Gasteiger partial charge in [0.2, 0.25) is 5.13 Å². The number of hydrogen-bond donors (Lipinski definition) is 0. The average Bonchev–Trinajstić information content (AvgIpc) is 3.37. The summed E-state index contributed by atoms with van der Waals surface area (Å²) in [5, 5.41) is 0.925. The lowest BCUT2D eigenvalue weighted by Gasteiger charge is -2.36. The molecular weight excluding hydrogens is 455 g/mol. The van der Waals surface area contributed by atoms with Crippen molar-refractivity contribution in [2.24, 2.45) is 0 Å². The number of likely N-dealkylation sites (tertiary alicyclic amines) is 1. The van der Waals surface area contributed by atoms with Gasteiger partial charge in [0.05, 0.1) is 4.90 Å². The third-order valence-electron chi connectivity index (χ3n) is 5.91. The number of carbonyl (C=O) groups is 1. The fourth-order valence-corrected chi connectivity index (χ4v) is 5.56. The molecule has 0 N–H and O–H groups in total. The maximum atomic E-state index is 14.3. The van der Waals surface area contributed by atoms with Gasteiger partial charge in [-0.3, -0.25) is 4.79 Å². The first-order valence-electron chi connectivity index (χ1n) is 10.7. The molecule has 0 aliphatic carbocycles. The molecule has 2 aliphatic heterocycles. The third-order valence-corrected chi connectivity index (χ3v) is 7.82. The number of piperidine rings is 1. The van der Waals surface area contributed by atoms with Gasteiger partial charge in [-0.1, -0.05) is 13.8 Å². The van der Waals surface area contributed by atoms with Gasteiger partial charge in [-0.05, 0) is 31.0 Å². The van der Waals surface area contributed by atoms with Crippen molar-refractivity contribution in [3.8, 4) is 5.75 Å². The predicted octanol–water partition coefficient (Wildman–Crippen LogP) is 2.85. The number of halogens is 1. The Kier molecular flexibility index (Phi) is 6.39. The minimum atomic E-state index is -3.51. The fraction of sp³-hybridized carbons (Fsp3) is 0.571. The highest BCUT2D eigenvalue weighted by atomic mass is 32.2. The van der Waals surface area contributed by atoms with Gasteiger partial charge in [-0.25, -0.2) is 17.8 Å². The van der Waals surface area contributed by atoms with Gasteiger partial charge in [0.25, 0.3) is 5.91 Å². The summed E-state index contributed by atoms with van der Waals surface area (Å²) in [6.45, 7) is 6.30. The molecule has 2 aliphatic rings. The number of amides is 1. The van der Waals surface area contributed by atoms with E-state index < -0.39 is 21.8 Å². The average molecular weight is 483 g/mol. The predicted molar refractivity (Wildman–Crippen MR) is 119 cm³/mol. The molecule has 11 heteroatoms. The summed E-state index contributed by atoms with van der Waals surface area (Å²) in [4.78, 5) is 21.5. The topological polar surface area (TPSA) is 92.7 Å². The van der Waals surface area contributed by atoms with E-state index in [2.05, 4.69) is 28.1 Å². The van der Waals surface area contributed by atoms with Crippen molar-refractivity contribution in [2.45, 2.75) is 56.1 Å². The maximum absolute atomic E-state index is 14.3. The number of sulfone groups is 1. The summed E-state index contributed by atoms with van der Waals surface area (Å²) in [5.74, 6) is 0.116. The van der Waals surface area contributed by atoms with Crippen molar-refractivity contribution in [3.63, 3.8) is 0 Å². The van der Waals surface area contributed by atoms with Crippen LogP contribution in [-0.4, -0.2) is 66.6 Å². The Bertz CT molecular complexity index is 1100. The highest BCUT2D eigenvalue weighted by molar-refractivity contribution is 7.90. The Labute approximate surface area is 191 Å². The summed E-state index contributed by atoms with van der Waals surface area (Å²) in [6, 6.07) is 3.60. The lowest BCUT2D eigenvalue weighted by atomic mass is 10.0. The first-order chi connectivity index (χ1) is 15.1. The smallest absolute Gasteiger partial charge is 0.263 e. The Hall–Kier alpha value is -2.27. The molecule has 2 aromatic rings. The Balaban J connectivity index is 1.35. The van der Waals surface area contributed by atoms with E-state index in [4.69, 9.17) is 4.74 Å². The molecule has 0 bridgehead atoms.